The summed E-state index contributed by atoms with van der Waals surface area (Å²) in [7, 11) is -9.99. The van der Waals surface area contributed by atoms with Gasteiger partial charge < -0.3 is 55.6 Å². The van der Waals surface area contributed by atoms with E-state index >= 15 is 0 Å². The average Bonchev–Trinajstić information content (AvgIpc) is 4.16. The number of aliphatic hydroxyl groups is 1. The lowest BCUT2D eigenvalue weighted by atomic mass is 10.1. The maximum Gasteiger partial charge on any atom is 0.570 e. The van der Waals surface area contributed by atoms with Gasteiger partial charge in [-0.1, -0.05) is 0 Å². The van der Waals surface area contributed by atoms with Gasteiger partial charge in [0.15, 0.2) is 47.0 Å². The smallest absolute Gasteiger partial charge is 0.385 e. The Labute approximate surface area is 416 Å². The first-order valence-corrected chi connectivity index (χ1v) is 25.6. The Hall–Kier alpha value is -5.62. The summed E-state index contributed by atoms with van der Waals surface area (Å²) in [6.07, 6.45) is -6.89. The van der Waals surface area contributed by atoms with Crippen molar-refractivity contribution in [2.75, 3.05) is 90.6 Å². The number of nitrogens with one attached hydrogen (secondary N) is 4. The van der Waals surface area contributed by atoms with Crippen LogP contribution in [0.5, 0.6) is 0 Å². The number of nitrogens with zero attached hydrogens (tertiary/aromatic N) is 7. The van der Waals surface area contributed by atoms with E-state index in [1.165, 1.54) is 4.57 Å². The molecule has 34 nitrogen and oxygen atoms in total. The summed E-state index contributed by atoms with van der Waals surface area (Å²) < 4.78 is 58.6. The van der Waals surface area contributed by atoms with E-state index in [-0.39, 0.29) is 119 Å². The number of carbonyl (C=O) groups is 4. The fourth-order valence-electron chi connectivity index (χ4n) is 7.99. The normalized spacial score (nSPS) is 25.8. The zero-order chi connectivity index (χ0) is 52.7. The van der Waals surface area contributed by atoms with Crippen molar-refractivity contribution >= 4 is 74.2 Å². The van der Waals surface area contributed by atoms with Gasteiger partial charge in [0.1, 0.15) is 37.6 Å². The molecule has 8 atom stereocenters. The lowest BCUT2D eigenvalue weighted by Gasteiger charge is -2.26. The Morgan fingerprint density at radius 2 is 1.18 bits per heavy atom. The summed E-state index contributed by atoms with van der Waals surface area (Å²) in [6.45, 7) is -0.217. The molecule has 4 aliphatic heterocycles. The number of amides is 4. The number of carbonyl (C=O) groups excluding carboxylic acids is 4. The van der Waals surface area contributed by atoms with Crippen LogP contribution in [0.15, 0.2) is 34.4 Å². The van der Waals surface area contributed by atoms with Gasteiger partial charge in [-0.2, -0.15) is 38.6 Å². The molecule has 0 radical (unpaired) electrons. The van der Waals surface area contributed by atoms with E-state index < -0.39 is 107 Å². The largest absolute Gasteiger partial charge is 0.570 e. The monoisotopic (exact) mass is 1090 g/mol. The molecule has 13 N–H and O–H groups in total. The minimum absolute atomic E-state index is 0.0130. The number of imide groups is 1. The van der Waals surface area contributed by atoms with Crippen molar-refractivity contribution in [1.29, 1.82) is 0 Å². The molecule has 8 rings (SSSR count). The van der Waals surface area contributed by atoms with E-state index in [1.54, 1.807) is 0 Å². The molecule has 4 aliphatic rings. The Bertz CT molecular complexity index is 2790. The first-order valence-electron chi connectivity index (χ1n) is 22.6. The van der Waals surface area contributed by atoms with E-state index in [0.717, 1.165) is 34.3 Å². The van der Waals surface area contributed by atoms with Gasteiger partial charge in [0, 0.05) is 38.1 Å². The zero-order valence-electron chi connectivity index (χ0n) is 38.8. The van der Waals surface area contributed by atoms with E-state index in [0.29, 0.717) is 0 Å². The number of ether oxygens (including phenoxy) is 6. The van der Waals surface area contributed by atoms with Gasteiger partial charge in [-0.25, -0.2) is 9.97 Å². The molecule has 4 amide bonds. The number of nitrogens with two attached hydrogens (primary N) is 2. The van der Waals surface area contributed by atoms with Crippen LogP contribution in [0.25, 0.3) is 22.3 Å². The second-order valence-corrected chi connectivity index (χ2v) is 19.3. The Morgan fingerprint density at radius 1 is 0.689 bits per heavy atom. The van der Waals surface area contributed by atoms with Gasteiger partial charge in [-0.05, 0) is 0 Å². The molecule has 0 spiro atoms. The summed E-state index contributed by atoms with van der Waals surface area (Å²) in [4.78, 5) is 140. The lowest BCUT2D eigenvalue weighted by molar-refractivity contribution is -0.137. The van der Waals surface area contributed by atoms with Crippen LogP contribution in [0, 0.1) is 0 Å². The van der Waals surface area contributed by atoms with Crippen molar-refractivity contribution in [3.8, 4) is 0 Å². The molecule has 0 aliphatic carbocycles. The fraction of sp³-hybridized carbons (Fsp3) is 0.579. The average molecular weight is 1090 g/mol. The van der Waals surface area contributed by atoms with E-state index in [4.69, 9.17) is 58.0 Å². The number of hydrogen-bond donors (Lipinski definition) is 11. The number of hydrogen-bond acceptors (Lipinski definition) is 27. The highest BCUT2D eigenvalue weighted by Gasteiger charge is 2.61. The number of anilines is 2. The third-order valence-corrected chi connectivity index (χ3v) is 13.4. The highest BCUT2D eigenvalue weighted by Crippen LogP contribution is 2.60. The number of H-pyrrole nitrogens is 2. The lowest BCUT2D eigenvalue weighted by Crippen LogP contribution is -2.48. The minimum Gasteiger partial charge on any atom is -0.385 e. The maximum absolute atomic E-state index is 13.6. The first-order chi connectivity index (χ1) is 35.4. The van der Waals surface area contributed by atoms with Gasteiger partial charge in [0.25, 0.3) is 22.9 Å². The second kappa shape index (κ2) is 23.9. The van der Waals surface area contributed by atoms with E-state index in [2.05, 4.69) is 40.5 Å². The van der Waals surface area contributed by atoms with Gasteiger partial charge in [0.2, 0.25) is 23.7 Å². The summed E-state index contributed by atoms with van der Waals surface area (Å²) in [5.41, 5.74) is 9.50. The predicted molar refractivity (Wildman–Crippen MR) is 247 cm³/mol. The molecule has 4 aromatic rings. The predicted octanol–water partition coefficient (Wildman–Crippen LogP) is -4.91. The third kappa shape index (κ3) is 13.2. The minimum atomic E-state index is -5.02. The van der Waals surface area contributed by atoms with Crippen molar-refractivity contribution in [3.63, 3.8) is 0 Å². The van der Waals surface area contributed by atoms with Crippen LogP contribution in [-0.4, -0.2) is 208 Å². The quantitative estimate of drug-likeness (QED) is 0.0212. The van der Waals surface area contributed by atoms with Crippen LogP contribution >= 0.6 is 16.3 Å². The molecule has 74 heavy (non-hydrogen) atoms. The van der Waals surface area contributed by atoms with Crippen LogP contribution in [-0.2, 0) is 65.7 Å². The van der Waals surface area contributed by atoms with Crippen LogP contribution < -0.4 is 33.2 Å². The number of fused-ring (bicyclic) bond motifs is 4. The van der Waals surface area contributed by atoms with Crippen LogP contribution in [0.1, 0.15) is 25.3 Å². The fourth-order valence-corrected chi connectivity index (χ4v) is 9.95. The van der Waals surface area contributed by atoms with Crippen LogP contribution in [0.2, 0.25) is 0 Å². The zero-order valence-corrected chi connectivity index (χ0v) is 40.6. The summed E-state index contributed by atoms with van der Waals surface area (Å²) in [5.74, 6) is -2.52. The third-order valence-electron chi connectivity index (χ3n) is 11.4. The topological polar surface area (TPSA) is 468 Å². The Kier molecular flexibility index (Phi) is 17.7. The molecule has 4 aromatic heterocycles. The van der Waals surface area contributed by atoms with Crippen molar-refractivity contribution in [3.05, 3.63) is 45.5 Å². The molecule has 8 heterocycles. The molecule has 36 heteroatoms. The molecular formula is C38H53N13O21P2+2. The van der Waals surface area contributed by atoms with E-state index in [1.807, 2.05) is 0 Å². The molecule has 0 saturated carbocycles. The molecule has 0 bridgehead atoms. The van der Waals surface area contributed by atoms with Crippen LogP contribution in [0.3, 0.4) is 0 Å². The van der Waals surface area contributed by atoms with Gasteiger partial charge >= 0.3 is 16.3 Å². The molecule has 0 aromatic carbocycles. The molecular weight excluding hydrogens is 1040 g/mol. The number of nitrogen functional groups attached to an aromatic ring is 2. The van der Waals surface area contributed by atoms with E-state index in [9.17, 15) is 53.4 Å². The molecule has 404 valence electrons. The summed E-state index contributed by atoms with van der Waals surface area (Å²) >= 11 is 0. The van der Waals surface area contributed by atoms with Crippen molar-refractivity contribution in [2.24, 2.45) is 0 Å². The molecule has 3 fully saturated rings. The highest BCUT2D eigenvalue weighted by molar-refractivity contribution is 7.54. The van der Waals surface area contributed by atoms with Crippen molar-refractivity contribution in [1.82, 2.24) is 54.6 Å². The van der Waals surface area contributed by atoms with Crippen LogP contribution in [0.4, 0.5) is 11.9 Å². The SMILES string of the molecule is Nc1nc2c(ncn2[C@@H]2O[C@@H]3CO[P+](O)(O)O[C@H]4[C@@H](NC(=O)CCOCCOCCOCCOCCNC(=O)CCN5C(=O)C=CC5=O)[C@H](n5cnc6c(=O)[nH]c(N)nc65)O[C@@H]4CO[P+](O)(O)O[C@H]3[C@H]2O)c(=O)[nH]1. The number of aliphatic hydroxyl groups excluding tert-OH is 1. The maximum atomic E-state index is 13.6. The summed E-state index contributed by atoms with van der Waals surface area (Å²) in [5, 5.41) is 16.8. The van der Waals surface area contributed by atoms with Crippen molar-refractivity contribution in [2.45, 2.75) is 61.9 Å². The van der Waals surface area contributed by atoms with Gasteiger partial charge in [-0.15, -0.1) is 9.05 Å². The first kappa shape index (κ1) is 54.6. The van der Waals surface area contributed by atoms with Crippen molar-refractivity contribution < 1.29 is 90.4 Å². The Balaban J connectivity index is 0.825. The Morgan fingerprint density at radius 3 is 1.74 bits per heavy atom. The van der Waals surface area contributed by atoms with Gasteiger partial charge in [0.05, 0.1) is 65.5 Å². The number of aromatic nitrogens is 8. The summed E-state index contributed by atoms with van der Waals surface area (Å²) in [6, 6.07) is -1.43. The number of rotatable bonds is 21. The number of imidazole rings is 2. The second-order valence-electron chi connectivity index (χ2n) is 16.4. The highest BCUT2D eigenvalue weighted by atomic mass is 31.2. The standard InChI is InChI=1S/C38H51N13O21P2/c39-37-45-31-26(33(57)47-37)42-17-50(31)35-25(44-22(53)4-7-63-9-11-65-13-14-66-12-10-64-8-5-41-21(52)3-6-49-23(54)1-2-24(49)55)29-19(69-35)15-67-74(61,62)72-30-20(16-68-73(59,60)71-29)70-36(28(30)56)51-18-43-27-32(51)46-38(40)48-34(27)58/h1-2,17-20,25,28-30,35-36,56,59-62H,3-16H2,(H6-2,39,40,41,44,45,46,47,48,52,53,57,58)/p+2/t19-,20-,25-,28-,29-,30-,35-,36-/m1/s1. The number of aromatic amines is 2. The van der Waals surface area contributed by atoms with Gasteiger partial charge in [-0.3, -0.25) is 52.8 Å². The molecule has 3 saturated heterocycles. The molecule has 0 unspecified atom stereocenters.